The van der Waals surface area contributed by atoms with Crippen LogP contribution in [0, 0.1) is 6.92 Å². The molecule has 0 aliphatic carbocycles. The zero-order chi connectivity index (χ0) is 21.4. The third-order valence-corrected chi connectivity index (χ3v) is 6.01. The van der Waals surface area contributed by atoms with Crippen LogP contribution in [0.2, 0.25) is 0 Å². The molecule has 156 valence electrons. The van der Waals surface area contributed by atoms with Crippen molar-refractivity contribution in [2.75, 3.05) is 38.2 Å². The van der Waals surface area contributed by atoms with E-state index in [1.165, 1.54) is 26.3 Å². The summed E-state index contributed by atoms with van der Waals surface area (Å²) in [6.45, 7) is 2.47. The Bertz CT molecular complexity index is 941. The smallest absolute Gasteiger partial charge is 0.264 e. The quantitative estimate of drug-likeness (QED) is 0.597. The van der Waals surface area contributed by atoms with Crippen LogP contribution >= 0.6 is 0 Å². The summed E-state index contributed by atoms with van der Waals surface area (Å²) in [6.07, 6.45) is 0. The highest BCUT2D eigenvalue weighted by Crippen LogP contribution is 2.22. The van der Waals surface area contributed by atoms with E-state index in [0.717, 1.165) is 9.87 Å². The summed E-state index contributed by atoms with van der Waals surface area (Å²) < 4.78 is 31.5. The van der Waals surface area contributed by atoms with Crippen molar-refractivity contribution in [1.29, 1.82) is 0 Å². The largest absolute Gasteiger partial charge is 0.383 e. The minimum absolute atomic E-state index is 0.161. The van der Waals surface area contributed by atoms with Crippen LogP contribution in [0.4, 0.5) is 5.69 Å². The molecule has 2 N–H and O–H groups in total. The number of amides is 2. The molecule has 0 bridgehead atoms. The highest BCUT2D eigenvalue weighted by molar-refractivity contribution is 7.92. The highest BCUT2D eigenvalue weighted by Gasteiger charge is 2.21. The molecule has 29 heavy (non-hydrogen) atoms. The Morgan fingerprint density at radius 1 is 1.00 bits per heavy atom. The Balaban J connectivity index is 2.00. The number of carbonyl (C=O) groups is 2. The molecule has 2 aromatic rings. The normalized spacial score (nSPS) is 11.0. The number of hydrogen-bond acceptors (Lipinski definition) is 5. The summed E-state index contributed by atoms with van der Waals surface area (Å²) in [4.78, 5) is 24.0. The molecule has 2 aromatic carbocycles. The zero-order valence-corrected chi connectivity index (χ0v) is 17.5. The highest BCUT2D eigenvalue weighted by atomic mass is 32.2. The molecule has 0 aliphatic heterocycles. The molecule has 0 heterocycles. The van der Waals surface area contributed by atoms with Crippen LogP contribution < -0.4 is 14.9 Å². The third kappa shape index (κ3) is 6.03. The molecule has 2 rings (SSSR count). The van der Waals surface area contributed by atoms with Crippen LogP contribution in [0.3, 0.4) is 0 Å². The number of methoxy groups -OCH3 is 1. The SMILES string of the molecule is COCCNC(=O)CNC(=O)c1ccc(N(C)S(=O)(=O)c2ccc(C)cc2)cc1. The molecule has 0 spiro atoms. The minimum atomic E-state index is -3.70. The van der Waals surface area contributed by atoms with Crippen molar-refractivity contribution in [3.8, 4) is 0 Å². The fourth-order valence-corrected chi connectivity index (χ4v) is 3.64. The number of aryl methyl sites for hydroxylation is 1. The van der Waals surface area contributed by atoms with Crippen molar-refractivity contribution in [2.24, 2.45) is 0 Å². The van der Waals surface area contributed by atoms with Crippen molar-refractivity contribution in [1.82, 2.24) is 10.6 Å². The molecule has 0 atom stereocenters. The second-order valence-corrected chi connectivity index (χ2v) is 8.33. The first-order chi connectivity index (χ1) is 13.8. The van der Waals surface area contributed by atoms with Crippen molar-refractivity contribution >= 4 is 27.5 Å². The van der Waals surface area contributed by atoms with E-state index in [1.807, 2.05) is 6.92 Å². The van der Waals surface area contributed by atoms with Gasteiger partial charge in [-0.15, -0.1) is 0 Å². The molecule has 0 saturated heterocycles. The first-order valence-corrected chi connectivity index (χ1v) is 10.4. The number of nitrogens with zero attached hydrogens (tertiary/aromatic N) is 1. The number of hydrogen-bond donors (Lipinski definition) is 2. The second kappa shape index (κ2) is 10.0. The van der Waals surface area contributed by atoms with Crippen LogP contribution in [0.1, 0.15) is 15.9 Å². The number of rotatable bonds is 9. The Morgan fingerprint density at radius 3 is 2.21 bits per heavy atom. The lowest BCUT2D eigenvalue weighted by molar-refractivity contribution is -0.120. The first-order valence-electron chi connectivity index (χ1n) is 8.95. The monoisotopic (exact) mass is 419 g/mol. The minimum Gasteiger partial charge on any atom is -0.383 e. The lowest BCUT2D eigenvalue weighted by atomic mass is 10.2. The molecule has 0 unspecified atom stereocenters. The number of sulfonamides is 1. The van der Waals surface area contributed by atoms with E-state index in [4.69, 9.17) is 4.74 Å². The van der Waals surface area contributed by atoms with E-state index < -0.39 is 15.9 Å². The molecule has 9 heteroatoms. The van der Waals surface area contributed by atoms with Gasteiger partial charge in [0, 0.05) is 26.3 Å². The number of carbonyl (C=O) groups excluding carboxylic acids is 2. The van der Waals surface area contributed by atoms with E-state index in [2.05, 4.69) is 10.6 Å². The summed E-state index contributed by atoms with van der Waals surface area (Å²) in [5, 5.41) is 5.11. The maximum absolute atomic E-state index is 12.7. The van der Waals surface area contributed by atoms with Gasteiger partial charge in [-0.1, -0.05) is 17.7 Å². The van der Waals surface area contributed by atoms with Crippen molar-refractivity contribution in [2.45, 2.75) is 11.8 Å². The van der Waals surface area contributed by atoms with Gasteiger partial charge in [-0.2, -0.15) is 0 Å². The molecule has 0 saturated carbocycles. The van der Waals surface area contributed by atoms with Crippen LogP contribution in [0.5, 0.6) is 0 Å². The predicted octanol–water partition coefficient (Wildman–Crippen LogP) is 1.31. The Morgan fingerprint density at radius 2 is 1.62 bits per heavy atom. The van der Waals surface area contributed by atoms with Gasteiger partial charge in [0.05, 0.1) is 23.7 Å². The van der Waals surface area contributed by atoms with Gasteiger partial charge in [0.15, 0.2) is 0 Å². The van der Waals surface area contributed by atoms with Gasteiger partial charge < -0.3 is 15.4 Å². The first kappa shape index (κ1) is 22.4. The number of nitrogens with one attached hydrogen (secondary N) is 2. The van der Waals surface area contributed by atoms with Crippen molar-refractivity contribution in [3.63, 3.8) is 0 Å². The van der Waals surface area contributed by atoms with Crippen LogP contribution in [0.15, 0.2) is 53.4 Å². The van der Waals surface area contributed by atoms with E-state index in [1.54, 1.807) is 36.4 Å². The molecule has 0 fully saturated rings. The lowest BCUT2D eigenvalue weighted by Gasteiger charge is -2.20. The average molecular weight is 420 g/mol. The summed E-state index contributed by atoms with van der Waals surface area (Å²) in [5.74, 6) is -0.751. The number of anilines is 1. The van der Waals surface area contributed by atoms with Gasteiger partial charge in [-0.05, 0) is 43.3 Å². The molecular formula is C20H25N3O5S. The maximum Gasteiger partial charge on any atom is 0.264 e. The summed E-state index contributed by atoms with van der Waals surface area (Å²) in [6, 6.07) is 12.7. The Kier molecular flexibility index (Phi) is 7.74. The summed E-state index contributed by atoms with van der Waals surface area (Å²) in [7, 11) is -0.723. The van der Waals surface area contributed by atoms with Crippen LogP contribution in [0.25, 0.3) is 0 Å². The van der Waals surface area contributed by atoms with E-state index in [9.17, 15) is 18.0 Å². The number of ether oxygens (including phenoxy) is 1. The zero-order valence-electron chi connectivity index (χ0n) is 16.6. The Hall–Kier alpha value is -2.91. The van der Waals surface area contributed by atoms with Gasteiger partial charge in [0.25, 0.3) is 15.9 Å². The fraction of sp³-hybridized carbons (Fsp3) is 0.300. The molecule has 2 amide bonds. The van der Waals surface area contributed by atoms with E-state index in [0.29, 0.717) is 24.4 Å². The van der Waals surface area contributed by atoms with Gasteiger partial charge >= 0.3 is 0 Å². The maximum atomic E-state index is 12.7. The van der Waals surface area contributed by atoms with Gasteiger partial charge in [-0.25, -0.2) is 8.42 Å². The topological polar surface area (TPSA) is 105 Å². The fourth-order valence-electron chi connectivity index (χ4n) is 2.45. The summed E-state index contributed by atoms with van der Waals surface area (Å²) in [5.41, 5.74) is 1.70. The molecule has 0 aromatic heterocycles. The Labute approximate surface area is 170 Å². The standard InChI is InChI=1S/C20H25N3O5S/c1-15-4-10-18(11-5-15)29(26,27)23(2)17-8-6-16(7-9-17)20(25)22-14-19(24)21-12-13-28-3/h4-11H,12-14H2,1-3H3,(H,21,24)(H,22,25). The van der Waals surface area contributed by atoms with Gasteiger partial charge in [-0.3, -0.25) is 13.9 Å². The molecule has 8 nitrogen and oxygen atoms in total. The van der Waals surface area contributed by atoms with Crippen molar-refractivity contribution < 1.29 is 22.7 Å². The lowest BCUT2D eigenvalue weighted by Crippen LogP contribution is -2.38. The summed E-state index contributed by atoms with van der Waals surface area (Å²) >= 11 is 0. The van der Waals surface area contributed by atoms with E-state index in [-0.39, 0.29) is 17.3 Å². The van der Waals surface area contributed by atoms with Crippen molar-refractivity contribution in [3.05, 3.63) is 59.7 Å². The van der Waals surface area contributed by atoms with E-state index >= 15 is 0 Å². The third-order valence-electron chi connectivity index (χ3n) is 4.21. The van der Waals surface area contributed by atoms with Gasteiger partial charge in [0.1, 0.15) is 0 Å². The van der Waals surface area contributed by atoms with Crippen LogP contribution in [-0.4, -0.2) is 54.1 Å². The average Bonchev–Trinajstić information content (AvgIpc) is 2.72. The molecular weight excluding hydrogens is 394 g/mol. The number of benzene rings is 2. The molecule has 0 aliphatic rings. The van der Waals surface area contributed by atoms with Gasteiger partial charge in [0.2, 0.25) is 5.91 Å². The van der Waals surface area contributed by atoms with Crippen LogP contribution in [-0.2, 0) is 19.6 Å². The second-order valence-electron chi connectivity index (χ2n) is 6.36. The predicted molar refractivity (Wildman–Crippen MR) is 110 cm³/mol. The molecule has 0 radical (unpaired) electrons.